The van der Waals surface area contributed by atoms with Gasteiger partial charge in [0, 0.05) is 23.3 Å². The molecule has 2 N–H and O–H groups in total. The molecule has 0 aliphatic rings. The van der Waals surface area contributed by atoms with Gasteiger partial charge in [-0.1, -0.05) is 19.1 Å². The van der Waals surface area contributed by atoms with Crippen LogP contribution in [-0.2, 0) is 9.84 Å². The van der Waals surface area contributed by atoms with Gasteiger partial charge in [0.1, 0.15) is 15.7 Å². The Bertz CT molecular complexity index is 488. The highest BCUT2D eigenvalue weighted by Crippen LogP contribution is 2.32. The number of rotatable bonds is 7. The zero-order valence-electron chi connectivity index (χ0n) is 11.2. The van der Waals surface area contributed by atoms with Crippen molar-refractivity contribution in [3.05, 3.63) is 35.6 Å². The van der Waals surface area contributed by atoms with Gasteiger partial charge in [-0.2, -0.15) is 11.8 Å². The monoisotopic (exact) mass is 305 g/mol. The smallest absolute Gasteiger partial charge is 0.148 e. The van der Waals surface area contributed by atoms with Crippen LogP contribution in [0.4, 0.5) is 4.39 Å². The van der Waals surface area contributed by atoms with Crippen LogP contribution in [0.15, 0.2) is 24.3 Å². The van der Waals surface area contributed by atoms with Crippen LogP contribution in [0.1, 0.15) is 24.2 Å². The first kappa shape index (κ1) is 16.5. The molecule has 6 heteroatoms. The summed E-state index contributed by atoms with van der Waals surface area (Å²) < 4.78 is 35.2. The third-order valence-corrected chi connectivity index (χ3v) is 5.44. The lowest BCUT2D eigenvalue weighted by Gasteiger charge is -2.23. The SMILES string of the molecule is CCC(N)C(SCCS(C)(=O)=O)c1ccc(F)cc1. The van der Waals surface area contributed by atoms with Crippen LogP contribution < -0.4 is 5.73 Å². The molecule has 0 saturated heterocycles. The van der Waals surface area contributed by atoms with E-state index in [-0.39, 0.29) is 22.9 Å². The van der Waals surface area contributed by atoms with Crippen molar-refractivity contribution in [2.45, 2.75) is 24.6 Å². The Hall–Kier alpha value is -0.590. The van der Waals surface area contributed by atoms with Crippen LogP contribution in [0.3, 0.4) is 0 Å². The first-order valence-electron chi connectivity index (χ1n) is 6.14. The van der Waals surface area contributed by atoms with Gasteiger partial charge in [-0.25, -0.2) is 12.8 Å². The summed E-state index contributed by atoms with van der Waals surface area (Å²) in [7, 11) is -2.96. The molecule has 3 nitrogen and oxygen atoms in total. The minimum atomic E-state index is -2.96. The fraction of sp³-hybridized carbons (Fsp3) is 0.538. The van der Waals surface area contributed by atoms with Gasteiger partial charge < -0.3 is 5.73 Å². The molecule has 0 fully saturated rings. The number of hydrogen-bond acceptors (Lipinski definition) is 4. The summed E-state index contributed by atoms with van der Waals surface area (Å²) in [5, 5.41) is -0.00708. The molecular formula is C13H20FNO2S2. The van der Waals surface area contributed by atoms with Gasteiger partial charge >= 0.3 is 0 Å². The molecule has 0 saturated carbocycles. The van der Waals surface area contributed by atoms with Gasteiger partial charge in [-0.05, 0) is 24.1 Å². The van der Waals surface area contributed by atoms with Gasteiger partial charge in [0.15, 0.2) is 0 Å². The van der Waals surface area contributed by atoms with E-state index in [2.05, 4.69) is 0 Å². The fourth-order valence-corrected chi connectivity index (χ4v) is 4.30. The lowest BCUT2D eigenvalue weighted by Crippen LogP contribution is -2.26. The second-order valence-electron chi connectivity index (χ2n) is 4.54. The second-order valence-corrected chi connectivity index (χ2v) is 8.05. The molecule has 0 aliphatic heterocycles. The Balaban J connectivity index is 2.75. The van der Waals surface area contributed by atoms with Gasteiger partial charge in [0.25, 0.3) is 0 Å². The predicted molar refractivity (Wildman–Crippen MR) is 79.6 cm³/mol. The third-order valence-electron chi connectivity index (χ3n) is 2.81. The first-order chi connectivity index (χ1) is 8.83. The molecule has 2 atom stereocenters. The highest BCUT2D eigenvalue weighted by molar-refractivity contribution is 8.00. The molecule has 1 aromatic rings. The van der Waals surface area contributed by atoms with Crippen LogP contribution in [-0.4, -0.2) is 32.2 Å². The van der Waals surface area contributed by atoms with E-state index in [1.807, 2.05) is 6.92 Å². The average molecular weight is 305 g/mol. The minimum Gasteiger partial charge on any atom is -0.326 e. The van der Waals surface area contributed by atoms with E-state index in [1.165, 1.54) is 30.2 Å². The summed E-state index contributed by atoms with van der Waals surface area (Å²) >= 11 is 1.51. The van der Waals surface area contributed by atoms with Crippen LogP contribution in [0, 0.1) is 5.82 Å². The Kier molecular flexibility index (Phi) is 6.29. The number of benzene rings is 1. The fourth-order valence-electron chi connectivity index (χ4n) is 1.66. The molecule has 0 amide bonds. The summed E-state index contributed by atoms with van der Waals surface area (Å²) in [4.78, 5) is 0. The van der Waals surface area contributed by atoms with Crippen molar-refractivity contribution in [1.82, 2.24) is 0 Å². The lowest BCUT2D eigenvalue weighted by atomic mass is 10.0. The van der Waals surface area contributed by atoms with Crippen molar-refractivity contribution in [2.24, 2.45) is 5.73 Å². The lowest BCUT2D eigenvalue weighted by molar-refractivity contribution is 0.603. The van der Waals surface area contributed by atoms with Crippen LogP contribution >= 0.6 is 11.8 Å². The molecule has 0 aromatic heterocycles. The standard InChI is InChI=1S/C13H20FNO2S2/c1-3-12(15)13(18-8-9-19(2,16)17)10-4-6-11(14)7-5-10/h4-7,12-13H,3,8-9,15H2,1-2H3. The largest absolute Gasteiger partial charge is 0.326 e. The Labute approximate surface area is 118 Å². The van der Waals surface area contributed by atoms with Crippen molar-refractivity contribution in [3.8, 4) is 0 Å². The molecule has 0 spiro atoms. The second kappa shape index (κ2) is 7.26. The molecule has 108 valence electrons. The zero-order valence-corrected chi connectivity index (χ0v) is 12.8. The molecule has 0 aliphatic carbocycles. The molecule has 19 heavy (non-hydrogen) atoms. The van der Waals surface area contributed by atoms with Crippen molar-refractivity contribution in [2.75, 3.05) is 17.8 Å². The molecule has 0 radical (unpaired) electrons. The maximum Gasteiger partial charge on any atom is 0.148 e. The van der Waals surface area contributed by atoms with Gasteiger partial charge in [0.2, 0.25) is 0 Å². The number of thioether (sulfide) groups is 1. The molecule has 0 heterocycles. The molecule has 1 aromatic carbocycles. The summed E-state index contributed by atoms with van der Waals surface area (Å²) in [6.45, 7) is 1.98. The topological polar surface area (TPSA) is 60.2 Å². The van der Waals surface area contributed by atoms with E-state index in [0.29, 0.717) is 5.75 Å². The van der Waals surface area contributed by atoms with Crippen LogP contribution in [0.5, 0.6) is 0 Å². The van der Waals surface area contributed by atoms with Crippen LogP contribution in [0.25, 0.3) is 0 Å². The number of halogens is 1. The third kappa shape index (κ3) is 5.93. The van der Waals surface area contributed by atoms with Crippen molar-refractivity contribution < 1.29 is 12.8 Å². The summed E-state index contributed by atoms with van der Waals surface area (Å²) in [6.07, 6.45) is 2.01. The van der Waals surface area contributed by atoms with E-state index in [9.17, 15) is 12.8 Å². The highest BCUT2D eigenvalue weighted by atomic mass is 32.2. The van der Waals surface area contributed by atoms with Crippen molar-refractivity contribution in [1.29, 1.82) is 0 Å². The summed E-state index contributed by atoms with van der Waals surface area (Å²) in [6, 6.07) is 6.16. The van der Waals surface area contributed by atoms with Gasteiger partial charge in [0.05, 0.1) is 5.75 Å². The maximum absolute atomic E-state index is 12.9. The Morgan fingerprint density at radius 2 is 1.89 bits per heavy atom. The molecule has 0 bridgehead atoms. The Morgan fingerprint density at radius 1 is 1.32 bits per heavy atom. The zero-order chi connectivity index (χ0) is 14.5. The quantitative estimate of drug-likeness (QED) is 0.840. The van der Waals surface area contributed by atoms with Crippen molar-refractivity contribution >= 4 is 21.6 Å². The van der Waals surface area contributed by atoms with Crippen LogP contribution in [0.2, 0.25) is 0 Å². The average Bonchev–Trinajstić information content (AvgIpc) is 2.34. The first-order valence-corrected chi connectivity index (χ1v) is 9.24. The van der Waals surface area contributed by atoms with Gasteiger partial charge in [-0.3, -0.25) is 0 Å². The van der Waals surface area contributed by atoms with E-state index >= 15 is 0 Å². The van der Waals surface area contributed by atoms with Gasteiger partial charge in [-0.15, -0.1) is 0 Å². The van der Waals surface area contributed by atoms with E-state index < -0.39 is 9.84 Å². The number of nitrogens with two attached hydrogens (primary N) is 1. The van der Waals surface area contributed by atoms with E-state index in [0.717, 1.165) is 12.0 Å². The summed E-state index contributed by atoms with van der Waals surface area (Å²) in [5.74, 6) is 0.342. The Morgan fingerprint density at radius 3 is 2.37 bits per heavy atom. The summed E-state index contributed by atoms with van der Waals surface area (Å²) in [5.41, 5.74) is 7.01. The number of hydrogen-bond donors (Lipinski definition) is 1. The molecule has 2 unspecified atom stereocenters. The highest BCUT2D eigenvalue weighted by Gasteiger charge is 2.19. The number of sulfone groups is 1. The van der Waals surface area contributed by atoms with E-state index in [1.54, 1.807) is 12.1 Å². The maximum atomic E-state index is 12.9. The van der Waals surface area contributed by atoms with Crippen molar-refractivity contribution in [3.63, 3.8) is 0 Å². The normalized spacial score (nSPS) is 15.2. The molecule has 1 rings (SSSR count). The predicted octanol–water partition coefficient (Wildman–Crippen LogP) is 2.38. The van der Waals surface area contributed by atoms with E-state index in [4.69, 9.17) is 5.73 Å². The molecular weight excluding hydrogens is 285 g/mol. The minimum absolute atomic E-state index is 0.00708.